The molecule has 0 aromatic carbocycles. The second-order valence-corrected chi connectivity index (χ2v) is 2.26. The van der Waals surface area contributed by atoms with Crippen LogP contribution in [-0.2, 0) is 9.59 Å². The number of Topliss-reactive ketones (excluding diaryl/α,β-unsaturated/α-hetero) is 1. The van der Waals surface area contributed by atoms with E-state index < -0.39 is 12.5 Å². The van der Waals surface area contributed by atoms with E-state index in [1.54, 1.807) is 0 Å². The third kappa shape index (κ3) is 6.96. The average Bonchev–Trinajstić information content (AvgIpc) is 1.97. The van der Waals surface area contributed by atoms with Crippen LogP contribution in [-0.4, -0.2) is 24.9 Å². The molecule has 0 fully saturated rings. The Bertz CT molecular complexity index is 147. The van der Waals surface area contributed by atoms with Crippen LogP contribution in [0.4, 0.5) is 4.39 Å². The number of carbonyl (C=O) groups excluding carboxylic acids is 2. The van der Waals surface area contributed by atoms with Gasteiger partial charge in [-0.1, -0.05) is 0 Å². The van der Waals surface area contributed by atoms with Gasteiger partial charge in [0.2, 0.25) is 5.91 Å². The van der Waals surface area contributed by atoms with E-state index in [1.807, 2.05) is 0 Å². The standard InChI is InChI=1S/C7H12FNO2/c1-6(10)9-4-2-3-7(11)5-8/h2-5H2,1H3,(H,9,10). The normalized spacial score (nSPS) is 9.27. The van der Waals surface area contributed by atoms with Gasteiger partial charge >= 0.3 is 0 Å². The number of rotatable bonds is 5. The van der Waals surface area contributed by atoms with Crippen molar-refractivity contribution in [1.82, 2.24) is 5.32 Å². The van der Waals surface area contributed by atoms with Crippen LogP contribution in [0.5, 0.6) is 0 Å². The monoisotopic (exact) mass is 161 g/mol. The summed E-state index contributed by atoms with van der Waals surface area (Å²) in [6.45, 7) is 0.943. The maximum Gasteiger partial charge on any atom is 0.216 e. The Labute approximate surface area is 65.0 Å². The zero-order valence-electron chi connectivity index (χ0n) is 6.52. The zero-order chi connectivity index (χ0) is 8.69. The summed E-state index contributed by atoms with van der Waals surface area (Å²) in [6.07, 6.45) is 0.721. The first kappa shape index (κ1) is 10.1. The van der Waals surface area contributed by atoms with Crippen LogP contribution in [0.1, 0.15) is 19.8 Å². The molecule has 64 valence electrons. The maximum absolute atomic E-state index is 11.5. The van der Waals surface area contributed by atoms with Gasteiger partial charge in [-0.2, -0.15) is 0 Å². The van der Waals surface area contributed by atoms with Gasteiger partial charge in [0.15, 0.2) is 5.78 Å². The smallest absolute Gasteiger partial charge is 0.216 e. The molecule has 0 radical (unpaired) electrons. The number of nitrogens with one attached hydrogen (secondary N) is 1. The Balaban J connectivity index is 3.14. The van der Waals surface area contributed by atoms with Gasteiger partial charge in [0.25, 0.3) is 0 Å². The van der Waals surface area contributed by atoms with Crippen LogP contribution < -0.4 is 5.32 Å². The minimum atomic E-state index is -0.903. The lowest BCUT2D eigenvalue weighted by molar-refractivity contribution is -0.121. The van der Waals surface area contributed by atoms with E-state index in [1.165, 1.54) is 6.92 Å². The van der Waals surface area contributed by atoms with Crippen molar-refractivity contribution < 1.29 is 14.0 Å². The van der Waals surface area contributed by atoms with Crippen LogP contribution in [0.25, 0.3) is 0 Å². The molecule has 0 aromatic rings. The maximum atomic E-state index is 11.5. The molecule has 0 atom stereocenters. The summed E-state index contributed by atoms with van der Waals surface area (Å²) >= 11 is 0. The van der Waals surface area contributed by atoms with E-state index in [-0.39, 0.29) is 12.3 Å². The fourth-order valence-corrected chi connectivity index (χ4v) is 0.617. The Morgan fingerprint density at radius 2 is 2.09 bits per heavy atom. The quantitative estimate of drug-likeness (QED) is 0.595. The fourth-order valence-electron chi connectivity index (χ4n) is 0.617. The Hall–Kier alpha value is -0.930. The summed E-state index contributed by atoms with van der Waals surface area (Å²) in [4.78, 5) is 20.7. The molecule has 0 saturated heterocycles. The van der Waals surface area contributed by atoms with Crippen LogP contribution in [0, 0.1) is 0 Å². The first-order valence-electron chi connectivity index (χ1n) is 3.49. The predicted molar refractivity (Wildman–Crippen MR) is 38.9 cm³/mol. The highest BCUT2D eigenvalue weighted by Gasteiger charge is 1.99. The molecule has 1 amide bonds. The molecule has 0 unspecified atom stereocenters. The summed E-state index contributed by atoms with van der Waals surface area (Å²) in [5, 5.41) is 2.51. The highest BCUT2D eigenvalue weighted by molar-refractivity contribution is 5.79. The first-order chi connectivity index (χ1) is 5.16. The molecule has 0 bridgehead atoms. The summed E-state index contributed by atoms with van der Waals surface area (Å²) in [5.41, 5.74) is 0. The zero-order valence-corrected chi connectivity index (χ0v) is 6.52. The molecular formula is C7H12FNO2. The summed E-state index contributed by atoms with van der Waals surface area (Å²) in [5.74, 6) is -0.534. The van der Waals surface area contributed by atoms with Crippen molar-refractivity contribution in [3.8, 4) is 0 Å². The topological polar surface area (TPSA) is 46.2 Å². The van der Waals surface area contributed by atoms with Crippen LogP contribution in [0.2, 0.25) is 0 Å². The Kier molecular flexibility index (Phi) is 5.33. The lowest BCUT2D eigenvalue weighted by Crippen LogP contribution is -2.21. The van der Waals surface area contributed by atoms with Gasteiger partial charge < -0.3 is 5.32 Å². The van der Waals surface area contributed by atoms with Gasteiger partial charge in [-0.3, -0.25) is 9.59 Å². The molecule has 0 aromatic heterocycles. The lowest BCUT2D eigenvalue weighted by atomic mass is 10.2. The van der Waals surface area contributed by atoms with Crippen molar-refractivity contribution in [3.05, 3.63) is 0 Å². The van der Waals surface area contributed by atoms with Gasteiger partial charge in [0, 0.05) is 19.9 Å². The number of hydrogen-bond acceptors (Lipinski definition) is 2. The minimum absolute atomic E-state index is 0.127. The number of amides is 1. The van der Waals surface area contributed by atoms with Crippen LogP contribution >= 0.6 is 0 Å². The summed E-state index contributed by atoms with van der Waals surface area (Å²) < 4.78 is 11.5. The van der Waals surface area contributed by atoms with Gasteiger partial charge in [0.1, 0.15) is 6.67 Å². The SMILES string of the molecule is CC(=O)NCCCC(=O)CF. The van der Waals surface area contributed by atoms with Crippen molar-refractivity contribution in [2.45, 2.75) is 19.8 Å². The van der Waals surface area contributed by atoms with E-state index in [4.69, 9.17) is 0 Å². The van der Waals surface area contributed by atoms with Crippen LogP contribution in [0.3, 0.4) is 0 Å². The molecule has 0 aliphatic carbocycles. The van der Waals surface area contributed by atoms with Crippen molar-refractivity contribution in [1.29, 1.82) is 0 Å². The molecule has 3 nitrogen and oxygen atoms in total. The molecule has 0 heterocycles. The van der Waals surface area contributed by atoms with E-state index in [2.05, 4.69) is 5.32 Å². The van der Waals surface area contributed by atoms with Gasteiger partial charge in [-0.25, -0.2) is 4.39 Å². The molecule has 0 spiro atoms. The number of halogens is 1. The van der Waals surface area contributed by atoms with Crippen molar-refractivity contribution in [2.75, 3.05) is 13.2 Å². The first-order valence-corrected chi connectivity index (χ1v) is 3.49. The second kappa shape index (κ2) is 5.82. The van der Waals surface area contributed by atoms with Crippen LogP contribution in [0.15, 0.2) is 0 Å². The molecule has 11 heavy (non-hydrogen) atoms. The number of carbonyl (C=O) groups is 2. The highest BCUT2D eigenvalue weighted by atomic mass is 19.1. The minimum Gasteiger partial charge on any atom is -0.356 e. The van der Waals surface area contributed by atoms with Crippen molar-refractivity contribution >= 4 is 11.7 Å². The Morgan fingerprint density at radius 1 is 1.45 bits per heavy atom. The van der Waals surface area contributed by atoms with Gasteiger partial charge in [-0.05, 0) is 6.42 Å². The third-order valence-electron chi connectivity index (χ3n) is 1.16. The largest absolute Gasteiger partial charge is 0.356 e. The Morgan fingerprint density at radius 3 is 2.55 bits per heavy atom. The molecule has 0 aliphatic rings. The molecule has 0 rings (SSSR count). The second-order valence-electron chi connectivity index (χ2n) is 2.26. The fraction of sp³-hybridized carbons (Fsp3) is 0.714. The molecular weight excluding hydrogens is 149 g/mol. The third-order valence-corrected chi connectivity index (χ3v) is 1.16. The van der Waals surface area contributed by atoms with Crippen molar-refractivity contribution in [2.24, 2.45) is 0 Å². The highest BCUT2D eigenvalue weighted by Crippen LogP contribution is 1.89. The molecule has 0 aliphatic heterocycles. The number of ketones is 1. The van der Waals surface area contributed by atoms with Gasteiger partial charge in [-0.15, -0.1) is 0 Å². The molecule has 0 saturated carbocycles. The van der Waals surface area contributed by atoms with E-state index in [9.17, 15) is 14.0 Å². The lowest BCUT2D eigenvalue weighted by Gasteiger charge is -1.98. The van der Waals surface area contributed by atoms with E-state index in [0.29, 0.717) is 13.0 Å². The number of alkyl halides is 1. The number of hydrogen-bond donors (Lipinski definition) is 1. The average molecular weight is 161 g/mol. The van der Waals surface area contributed by atoms with E-state index in [0.717, 1.165) is 0 Å². The predicted octanol–water partition coefficient (Wildman–Crippen LogP) is 0.441. The molecule has 4 heteroatoms. The summed E-state index contributed by atoms with van der Waals surface area (Å²) in [7, 11) is 0. The van der Waals surface area contributed by atoms with Gasteiger partial charge in [0.05, 0.1) is 0 Å². The van der Waals surface area contributed by atoms with E-state index >= 15 is 0 Å². The molecule has 1 N–H and O–H groups in total. The van der Waals surface area contributed by atoms with Crippen molar-refractivity contribution in [3.63, 3.8) is 0 Å². The summed E-state index contributed by atoms with van der Waals surface area (Å²) in [6, 6.07) is 0.